The van der Waals surface area contributed by atoms with Crippen LogP contribution in [0.5, 0.6) is 0 Å². The van der Waals surface area contributed by atoms with E-state index in [1.807, 2.05) is 6.92 Å². The lowest BCUT2D eigenvalue weighted by atomic mass is 10.3. The molecule has 0 aliphatic rings. The number of ether oxygens (including phenoxy) is 1. The Morgan fingerprint density at radius 3 is 2.73 bits per heavy atom. The summed E-state index contributed by atoms with van der Waals surface area (Å²) in [5, 5.41) is 9.02. The van der Waals surface area contributed by atoms with Crippen molar-refractivity contribution in [2.24, 2.45) is 0 Å². The van der Waals surface area contributed by atoms with Gasteiger partial charge in [-0.3, -0.25) is 0 Å². The number of aliphatic hydroxyl groups excluding tert-OH is 1. The Morgan fingerprint density at radius 1 is 1.64 bits per heavy atom. The molecule has 11 heavy (non-hydrogen) atoms. The Bertz CT molecular complexity index is 140. The van der Waals surface area contributed by atoms with E-state index in [0.29, 0.717) is 6.61 Å². The van der Waals surface area contributed by atoms with E-state index in [4.69, 9.17) is 5.11 Å². The summed E-state index contributed by atoms with van der Waals surface area (Å²) < 4.78 is 4.56. The number of hydrogen-bond donors (Lipinski definition) is 1. The van der Waals surface area contributed by atoms with Crippen molar-refractivity contribution in [3.63, 3.8) is 0 Å². The highest BCUT2D eigenvalue weighted by atomic mass is 16.5. The number of rotatable bonds is 4. The molecule has 0 aliphatic heterocycles. The van der Waals surface area contributed by atoms with Gasteiger partial charge in [0.15, 0.2) is 6.10 Å². The summed E-state index contributed by atoms with van der Waals surface area (Å²) in [5.41, 5.74) is 0. The SMILES string of the molecule is CC/C=C/C(O)C(=O)OCC. The summed E-state index contributed by atoms with van der Waals surface area (Å²) in [7, 11) is 0. The lowest BCUT2D eigenvalue weighted by Crippen LogP contribution is -2.20. The molecule has 0 saturated carbocycles. The lowest BCUT2D eigenvalue weighted by Gasteiger charge is -2.03. The molecule has 1 atom stereocenters. The first-order chi connectivity index (χ1) is 5.22. The van der Waals surface area contributed by atoms with E-state index in [1.165, 1.54) is 6.08 Å². The van der Waals surface area contributed by atoms with Gasteiger partial charge < -0.3 is 9.84 Å². The van der Waals surface area contributed by atoms with Crippen molar-refractivity contribution < 1.29 is 14.6 Å². The van der Waals surface area contributed by atoms with Crippen LogP contribution in [0.2, 0.25) is 0 Å². The number of esters is 1. The van der Waals surface area contributed by atoms with E-state index < -0.39 is 12.1 Å². The fourth-order valence-corrected chi connectivity index (χ4v) is 0.571. The van der Waals surface area contributed by atoms with E-state index in [2.05, 4.69) is 4.74 Å². The molecular weight excluding hydrogens is 144 g/mol. The first kappa shape index (κ1) is 10.2. The van der Waals surface area contributed by atoms with Gasteiger partial charge in [0.05, 0.1) is 6.61 Å². The highest BCUT2D eigenvalue weighted by Gasteiger charge is 2.10. The highest BCUT2D eigenvalue weighted by molar-refractivity contribution is 5.76. The molecule has 0 heterocycles. The molecule has 3 heteroatoms. The van der Waals surface area contributed by atoms with Crippen molar-refractivity contribution in [3.05, 3.63) is 12.2 Å². The third kappa shape index (κ3) is 4.56. The van der Waals surface area contributed by atoms with Crippen LogP contribution in [0.15, 0.2) is 12.2 Å². The van der Waals surface area contributed by atoms with E-state index in [9.17, 15) is 4.79 Å². The van der Waals surface area contributed by atoms with Crippen molar-refractivity contribution in [1.82, 2.24) is 0 Å². The maximum Gasteiger partial charge on any atom is 0.338 e. The maximum atomic E-state index is 10.7. The van der Waals surface area contributed by atoms with Crippen LogP contribution in [-0.2, 0) is 9.53 Å². The average molecular weight is 158 g/mol. The van der Waals surface area contributed by atoms with Gasteiger partial charge in [0.2, 0.25) is 0 Å². The number of aliphatic hydroxyl groups is 1. The van der Waals surface area contributed by atoms with Crippen LogP contribution >= 0.6 is 0 Å². The van der Waals surface area contributed by atoms with Gasteiger partial charge in [0.25, 0.3) is 0 Å². The Morgan fingerprint density at radius 2 is 2.27 bits per heavy atom. The van der Waals surface area contributed by atoms with Gasteiger partial charge in [-0.2, -0.15) is 0 Å². The summed E-state index contributed by atoms with van der Waals surface area (Å²) in [6.45, 7) is 3.93. The highest BCUT2D eigenvalue weighted by Crippen LogP contribution is 1.92. The standard InChI is InChI=1S/C8H14O3/c1-3-5-6-7(9)8(10)11-4-2/h5-7,9H,3-4H2,1-2H3/b6-5+. The third-order valence-electron chi connectivity index (χ3n) is 1.08. The quantitative estimate of drug-likeness (QED) is 0.488. The molecule has 0 spiro atoms. The Hall–Kier alpha value is -0.830. The van der Waals surface area contributed by atoms with E-state index >= 15 is 0 Å². The van der Waals surface area contributed by atoms with Crippen molar-refractivity contribution in [1.29, 1.82) is 0 Å². The van der Waals surface area contributed by atoms with E-state index in [1.54, 1.807) is 13.0 Å². The van der Waals surface area contributed by atoms with Crippen LogP contribution in [0.3, 0.4) is 0 Å². The zero-order valence-electron chi connectivity index (χ0n) is 6.91. The topological polar surface area (TPSA) is 46.5 Å². The molecule has 1 unspecified atom stereocenters. The summed E-state index contributed by atoms with van der Waals surface area (Å²) in [6, 6.07) is 0. The fraction of sp³-hybridized carbons (Fsp3) is 0.625. The third-order valence-corrected chi connectivity index (χ3v) is 1.08. The predicted molar refractivity (Wildman–Crippen MR) is 42.1 cm³/mol. The van der Waals surface area contributed by atoms with Crippen LogP contribution in [0.4, 0.5) is 0 Å². The Balaban J connectivity index is 3.72. The van der Waals surface area contributed by atoms with Crippen LogP contribution in [0.25, 0.3) is 0 Å². The molecule has 0 aromatic rings. The molecule has 0 aliphatic carbocycles. The Labute approximate surface area is 66.7 Å². The first-order valence-corrected chi connectivity index (χ1v) is 3.73. The van der Waals surface area contributed by atoms with Gasteiger partial charge >= 0.3 is 5.97 Å². The van der Waals surface area contributed by atoms with Crippen LogP contribution in [0.1, 0.15) is 20.3 Å². The van der Waals surface area contributed by atoms with Crippen LogP contribution < -0.4 is 0 Å². The van der Waals surface area contributed by atoms with E-state index in [-0.39, 0.29) is 0 Å². The van der Waals surface area contributed by atoms with Gasteiger partial charge in [-0.05, 0) is 19.4 Å². The number of carbonyl (C=O) groups is 1. The van der Waals surface area contributed by atoms with Gasteiger partial charge in [0.1, 0.15) is 0 Å². The number of hydrogen-bond acceptors (Lipinski definition) is 3. The van der Waals surface area contributed by atoms with Gasteiger partial charge in [-0.25, -0.2) is 4.79 Å². The normalized spacial score (nSPS) is 13.4. The largest absolute Gasteiger partial charge is 0.464 e. The minimum atomic E-state index is -1.10. The van der Waals surface area contributed by atoms with Gasteiger partial charge in [0, 0.05) is 0 Å². The molecule has 0 fully saturated rings. The summed E-state index contributed by atoms with van der Waals surface area (Å²) >= 11 is 0. The van der Waals surface area contributed by atoms with Crippen LogP contribution in [-0.4, -0.2) is 23.8 Å². The molecule has 0 aromatic carbocycles. The molecule has 0 rings (SSSR count). The molecule has 0 radical (unpaired) electrons. The summed E-state index contributed by atoms with van der Waals surface area (Å²) in [5.74, 6) is -0.586. The number of carbonyl (C=O) groups excluding carboxylic acids is 1. The van der Waals surface area contributed by atoms with Gasteiger partial charge in [-0.15, -0.1) is 0 Å². The van der Waals surface area contributed by atoms with E-state index in [0.717, 1.165) is 6.42 Å². The molecule has 0 bridgehead atoms. The molecule has 0 amide bonds. The predicted octanol–water partition coefficient (Wildman–Crippen LogP) is 0.877. The van der Waals surface area contributed by atoms with Crippen molar-refractivity contribution in [3.8, 4) is 0 Å². The second-order valence-electron chi connectivity index (χ2n) is 2.03. The second-order valence-corrected chi connectivity index (χ2v) is 2.03. The molecule has 0 saturated heterocycles. The molecule has 1 N–H and O–H groups in total. The minimum Gasteiger partial charge on any atom is -0.464 e. The fourth-order valence-electron chi connectivity index (χ4n) is 0.571. The monoisotopic (exact) mass is 158 g/mol. The van der Waals surface area contributed by atoms with Crippen LogP contribution in [0, 0.1) is 0 Å². The average Bonchev–Trinajstić information content (AvgIpc) is 2.00. The second kappa shape index (κ2) is 5.92. The number of allylic oxidation sites excluding steroid dienone is 1. The Kier molecular flexibility index (Phi) is 5.47. The lowest BCUT2D eigenvalue weighted by molar-refractivity contribution is -0.150. The molecule has 0 aromatic heterocycles. The summed E-state index contributed by atoms with van der Waals surface area (Å²) in [4.78, 5) is 10.7. The minimum absolute atomic E-state index is 0.301. The zero-order chi connectivity index (χ0) is 8.69. The maximum absolute atomic E-state index is 10.7. The molecule has 64 valence electrons. The van der Waals surface area contributed by atoms with Crippen molar-refractivity contribution in [2.75, 3.05) is 6.61 Å². The molecule has 3 nitrogen and oxygen atoms in total. The molecular formula is C8H14O3. The van der Waals surface area contributed by atoms with Gasteiger partial charge in [-0.1, -0.05) is 13.0 Å². The zero-order valence-corrected chi connectivity index (χ0v) is 6.91. The van der Waals surface area contributed by atoms with Crippen molar-refractivity contribution >= 4 is 5.97 Å². The summed E-state index contributed by atoms with van der Waals surface area (Å²) in [6.07, 6.45) is 2.85. The van der Waals surface area contributed by atoms with Crippen molar-refractivity contribution in [2.45, 2.75) is 26.4 Å². The smallest absolute Gasteiger partial charge is 0.338 e. The first-order valence-electron chi connectivity index (χ1n) is 3.73.